The van der Waals surface area contributed by atoms with Crippen LogP contribution in [0.15, 0.2) is 43.0 Å². The van der Waals surface area contributed by atoms with E-state index in [-0.39, 0.29) is 5.41 Å². The zero-order valence-corrected chi connectivity index (χ0v) is 13.7. The molecule has 3 aromatic rings. The minimum Gasteiger partial charge on any atom is -0.476 e. The number of fused-ring (bicyclic) bond motifs is 1. The van der Waals surface area contributed by atoms with Gasteiger partial charge in [0, 0.05) is 18.8 Å². The molecule has 2 heterocycles. The molecule has 0 fully saturated rings. The van der Waals surface area contributed by atoms with Crippen molar-refractivity contribution in [1.29, 1.82) is 0 Å². The van der Waals surface area contributed by atoms with Crippen LogP contribution in [0.4, 0.5) is 0 Å². The second kappa shape index (κ2) is 6.28. The normalized spacial score (nSPS) is 11.6. The molecule has 0 radical (unpaired) electrons. The zero-order valence-electron chi connectivity index (χ0n) is 13.7. The molecule has 5 nitrogen and oxygen atoms in total. The van der Waals surface area contributed by atoms with E-state index in [2.05, 4.69) is 65.0 Å². The molecule has 0 N–H and O–H groups in total. The number of rotatable bonds is 4. The van der Waals surface area contributed by atoms with Crippen LogP contribution in [0.3, 0.4) is 0 Å². The number of ether oxygens (including phenoxy) is 1. The Hall–Kier alpha value is -2.56. The highest BCUT2D eigenvalue weighted by molar-refractivity contribution is 5.74. The van der Waals surface area contributed by atoms with Gasteiger partial charge in [-0.25, -0.2) is 15.0 Å². The van der Waals surface area contributed by atoms with Gasteiger partial charge in [-0.15, -0.1) is 0 Å². The molecule has 0 aliphatic rings. The van der Waals surface area contributed by atoms with Crippen LogP contribution in [0.2, 0.25) is 0 Å². The summed E-state index contributed by atoms with van der Waals surface area (Å²) in [6, 6.07) is 8.67. The first kappa shape index (κ1) is 15.3. The maximum atomic E-state index is 5.77. The van der Waals surface area contributed by atoms with Gasteiger partial charge in [0.2, 0.25) is 5.88 Å². The third kappa shape index (κ3) is 3.62. The quantitative estimate of drug-likeness (QED) is 0.740. The highest BCUT2D eigenvalue weighted by atomic mass is 16.5. The van der Waals surface area contributed by atoms with E-state index >= 15 is 0 Å². The number of nitrogens with zero attached hydrogens (tertiary/aromatic N) is 4. The molecule has 0 spiro atoms. The number of aromatic nitrogens is 4. The fraction of sp³-hybridized carbons (Fsp3) is 0.333. The first-order valence-corrected chi connectivity index (χ1v) is 7.68. The van der Waals surface area contributed by atoms with Crippen molar-refractivity contribution in [3.05, 3.63) is 54.1 Å². The van der Waals surface area contributed by atoms with E-state index in [9.17, 15) is 0 Å². The summed E-state index contributed by atoms with van der Waals surface area (Å²) in [6.45, 7) is 7.18. The first-order chi connectivity index (χ1) is 11.0. The van der Waals surface area contributed by atoms with Crippen molar-refractivity contribution in [3.63, 3.8) is 0 Å². The maximum Gasteiger partial charge on any atom is 0.245 e. The Labute approximate surface area is 135 Å². The van der Waals surface area contributed by atoms with Crippen molar-refractivity contribution < 1.29 is 4.74 Å². The van der Waals surface area contributed by atoms with Crippen molar-refractivity contribution in [2.24, 2.45) is 0 Å². The largest absolute Gasteiger partial charge is 0.476 e. The lowest BCUT2D eigenvalue weighted by molar-refractivity contribution is 0.312. The summed E-state index contributed by atoms with van der Waals surface area (Å²) in [5.41, 5.74) is 3.89. The van der Waals surface area contributed by atoms with Crippen molar-refractivity contribution in [2.45, 2.75) is 32.6 Å². The second-order valence-corrected chi connectivity index (χ2v) is 6.45. The molecule has 3 rings (SSSR count). The van der Waals surface area contributed by atoms with Crippen LogP contribution in [0, 0.1) is 0 Å². The summed E-state index contributed by atoms with van der Waals surface area (Å²) in [6.07, 6.45) is 5.49. The van der Waals surface area contributed by atoms with Gasteiger partial charge in [-0.1, -0.05) is 45.0 Å². The molecule has 0 aliphatic heterocycles. The summed E-state index contributed by atoms with van der Waals surface area (Å²) < 4.78 is 5.77. The molecular formula is C18H20N4O. The fourth-order valence-electron chi connectivity index (χ4n) is 2.32. The lowest BCUT2D eigenvalue weighted by Crippen LogP contribution is -2.11. The van der Waals surface area contributed by atoms with Gasteiger partial charge in [0.25, 0.3) is 0 Å². The second-order valence-electron chi connectivity index (χ2n) is 6.45. The molecule has 0 amide bonds. The van der Waals surface area contributed by atoms with Gasteiger partial charge in [-0.2, -0.15) is 4.98 Å². The molecule has 118 valence electrons. The molecule has 0 unspecified atom stereocenters. The lowest BCUT2D eigenvalue weighted by Gasteiger charge is -2.19. The minimum atomic E-state index is 0.174. The summed E-state index contributed by atoms with van der Waals surface area (Å²) in [5, 5.41) is 0. The highest BCUT2D eigenvalue weighted by Crippen LogP contribution is 2.22. The van der Waals surface area contributed by atoms with E-state index in [0.29, 0.717) is 23.7 Å². The SMILES string of the molecule is CC(C)(C)c1ccc(CCOc2ncnc3nccnc23)cc1. The van der Waals surface area contributed by atoms with Gasteiger partial charge in [0.05, 0.1) is 6.61 Å². The van der Waals surface area contributed by atoms with E-state index in [1.807, 2.05) is 0 Å². The van der Waals surface area contributed by atoms with Crippen LogP contribution < -0.4 is 4.74 Å². The molecule has 0 saturated carbocycles. The van der Waals surface area contributed by atoms with E-state index in [0.717, 1.165) is 6.42 Å². The Morgan fingerprint density at radius 3 is 2.39 bits per heavy atom. The monoisotopic (exact) mass is 308 g/mol. The summed E-state index contributed by atoms with van der Waals surface area (Å²) in [4.78, 5) is 16.6. The highest BCUT2D eigenvalue weighted by Gasteiger charge is 2.13. The van der Waals surface area contributed by atoms with Gasteiger partial charge in [-0.3, -0.25) is 0 Å². The Balaban J connectivity index is 1.65. The molecule has 23 heavy (non-hydrogen) atoms. The summed E-state index contributed by atoms with van der Waals surface area (Å²) in [5.74, 6) is 0.481. The standard InChI is InChI=1S/C18H20N4O/c1-18(2,3)14-6-4-13(5-7-14)8-11-23-17-15-16(21-12-22-17)20-10-9-19-15/h4-7,9-10,12H,8,11H2,1-3H3. The van der Waals surface area contributed by atoms with E-state index in [1.165, 1.54) is 17.5 Å². The van der Waals surface area contributed by atoms with Crippen LogP contribution >= 0.6 is 0 Å². The smallest absolute Gasteiger partial charge is 0.245 e. The molecule has 5 heteroatoms. The van der Waals surface area contributed by atoms with Crippen molar-refractivity contribution in [2.75, 3.05) is 6.61 Å². The third-order valence-corrected chi connectivity index (χ3v) is 3.69. The third-order valence-electron chi connectivity index (χ3n) is 3.69. The summed E-state index contributed by atoms with van der Waals surface area (Å²) >= 11 is 0. The molecular weight excluding hydrogens is 288 g/mol. The maximum absolute atomic E-state index is 5.77. The van der Waals surface area contributed by atoms with Crippen LogP contribution in [0.5, 0.6) is 5.88 Å². The predicted molar refractivity (Wildman–Crippen MR) is 89.5 cm³/mol. The van der Waals surface area contributed by atoms with Gasteiger partial charge in [0.1, 0.15) is 6.33 Å². The number of hydrogen-bond acceptors (Lipinski definition) is 5. The molecule has 0 saturated heterocycles. The van der Waals surface area contributed by atoms with Crippen molar-refractivity contribution >= 4 is 11.2 Å². The van der Waals surface area contributed by atoms with Crippen LogP contribution in [-0.2, 0) is 11.8 Å². The van der Waals surface area contributed by atoms with Gasteiger partial charge in [-0.05, 0) is 16.5 Å². The van der Waals surface area contributed by atoms with E-state index < -0.39 is 0 Å². The molecule has 0 bridgehead atoms. The Kier molecular flexibility index (Phi) is 4.19. The summed E-state index contributed by atoms with van der Waals surface area (Å²) in [7, 11) is 0. The van der Waals surface area contributed by atoms with E-state index in [4.69, 9.17) is 4.74 Å². The average Bonchev–Trinajstić information content (AvgIpc) is 2.55. The lowest BCUT2D eigenvalue weighted by atomic mass is 9.86. The van der Waals surface area contributed by atoms with Gasteiger partial charge >= 0.3 is 0 Å². The van der Waals surface area contributed by atoms with Crippen LogP contribution in [0.1, 0.15) is 31.9 Å². The van der Waals surface area contributed by atoms with Crippen LogP contribution in [0.25, 0.3) is 11.2 Å². The topological polar surface area (TPSA) is 60.8 Å². The van der Waals surface area contributed by atoms with Gasteiger partial charge < -0.3 is 4.74 Å². The molecule has 0 atom stereocenters. The van der Waals surface area contributed by atoms with Crippen molar-refractivity contribution in [3.8, 4) is 5.88 Å². The minimum absolute atomic E-state index is 0.174. The average molecular weight is 308 g/mol. The molecule has 1 aromatic carbocycles. The first-order valence-electron chi connectivity index (χ1n) is 7.68. The molecule has 2 aromatic heterocycles. The van der Waals surface area contributed by atoms with Crippen LogP contribution in [-0.4, -0.2) is 26.5 Å². The zero-order chi connectivity index (χ0) is 16.3. The Morgan fingerprint density at radius 1 is 0.913 bits per heavy atom. The number of hydrogen-bond donors (Lipinski definition) is 0. The molecule has 0 aliphatic carbocycles. The van der Waals surface area contributed by atoms with Gasteiger partial charge in [0.15, 0.2) is 11.2 Å². The predicted octanol–water partition coefficient (Wildman–Crippen LogP) is 3.34. The van der Waals surface area contributed by atoms with E-state index in [1.54, 1.807) is 12.4 Å². The number of benzene rings is 1. The Bertz CT molecular complexity index is 789. The Morgan fingerprint density at radius 2 is 1.65 bits per heavy atom. The fourth-order valence-corrected chi connectivity index (χ4v) is 2.32. The van der Waals surface area contributed by atoms with Crippen molar-refractivity contribution in [1.82, 2.24) is 19.9 Å².